The third-order valence-corrected chi connectivity index (χ3v) is 4.79. The lowest BCUT2D eigenvalue weighted by atomic mass is 10.1. The third kappa shape index (κ3) is 4.61. The SMILES string of the molecule is Cc1ccc2cc3ccc(N(C)C)cc3[n+](CCCC(=O)OC(C)(C)C)c2c1. The summed E-state index contributed by atoms with van der Waals surface area (Å²) >= 11 is 0. The van der Waals surface area contributed by atoms with Crippen molar-refractivity contribution in [2.75, 3.05) is 19.0 Å². The topological polar surface area (TPSA) is 33.4 Å². The van der Waals surface area contributed by atoms with E-state index in [1.165, 1.54) is 33.1 Å². The van der Waals surface area contributed by atoms with Gasteiger partial charge in [-0.1, -0.05) is 6.07 Å². The van der Waals surface area contributed by atoms with Crippen LogP contribution in [0.2, 0.25) is 0 Å². The Morgan fingerprint density at radius 3 is 2.29 bits per heavy atom. The van der Waals surface area contributed by atoms with Crippen molar-refractivity contribution in [1.82, 2.24) is 0 Å². The molecule has 0 radical (unpaired) electrons. The highest BCUT2D eigenvalue weighted by atomic mass is 16.6. The summed E-state index contributed by atoms with van der Waals surface area (Å²) in [5.41, 5.74) is 4.35. The third-order valence-electron chi connectivity index (χ3n) is 4.79. The van der Waals surface area contributed by atoms with Gasteiger partial charge in [-0.3, -0.25) is 4.79 Å². The highest BCUT2D eigenvalue weighted by Crippen LogP contribution is 2.23. The first-order chi connectivity index (χ1) is 13.1. The number of nitrogens with zero attached hydrogens (tertiary/aromatic N) is 2. The van der Waals surface area contributed by atoms with Crippen LogP contribution >= 0.6 is 0 Å². The van der Waals surface area contributed by atoms with Crippen molar-refractivity contribution >= 4 is 33.5 Å². The zero-order chi connectivity index (χ0) is 20.5. The molecule has 0 atom stereocenters. The van der Waals surface area contributed by atoms with Crippen molar-refractivity contribution in [1.29, 1.82) is 0 Å². The van der Waals surface area contributed by atoms with Crippen LogP contribution in [0.4, 0.5) is 5.69 Å². The van der Waals surface area contributed by atoms with Crippen molar-refractivity contribution < 1.29 is 14.1 Å². The van der Waals surface area contributed by atoms with Crippen molar-refractivity contribution in [3.63, 3.8) is 0 Å². The molecule has 28 heavy (non-hydrogen) atoms. The quantitative estimate of drug-likeness (QED) is 0.363. The number of hydrogen-bond donors (Lipinski definition) is 0. The number of esters is 1. The Hall–Kier alpha value is -2.62. The molecular formula is C24H31N2O2+. The summed E-state index contributed by atoms with van der Waals surface area (Å²) in [6.07, 6.45) is 1.16. The second-order valence-corrected chi connectivity index (χ2v) is 8.69. The second kappa shape index (κ2) is 7.78. The molecule has 0 aliphatic carbocycles. The number of carbonyl (C=O) groups excluding carboxylic acids is 1. The zero-order valence-electron chi connectivity index (χ0n) is 17.9. The first-order valence-electron chi connectivity index (χ1n) is 9.90. The van der Waals surface area contributed by atoms with Gasteiger partial charge in [0.25, 0.3) is 0 Å². The molecular weight excluding hydrogens is 348 g/mol. The van der Waals surface area contributed by atoms with E-state index >= 15 is 0 Å². The summed E-state index contributed by atoms with van der Waals surface area (Å²) in [5.74, 6) is -0.136. The maximum atomic E-state index is 12.1. The van der Waals surface area contributed by atoms with Crippen LogP contribution in [0.15, 0.2) is 42.5 Å². The van der Waals surface area contributed by atoms with Gasteiger partial charge in [0.05, 0.1) is 6.42 Å². The van der Waals surface area contributed by atoms with Crippen molar-refractivity contribution in [3.8, 4) is 0 Å². The van der Waals surface area contributed by atoms with E-state index in [-0.39, 0.29) is 5.97 Å². The number of ether oxygens (including phenoxy) is 1. The number of rotatable bonds is 5. The van der Waals surface area contributed by atoms with Crippen LogP contribution in [0.3, 0.4) is 0 Å². The zero-order valence-corrected chi connectivity index (χ0v) is 17.9. The molecule has 0 spiro atoms. The Kier molecular flexibility index (Phi) is 5.59. The number of anilines is 1. The molecule has 0 amide bonds. The van der Waals surface area contributed by atoms with Crippen molar-refractivity contribution in [2.45, 2.75) is 52.7 Å². The Morgan fingerprint density at radius 2 is 1.64 bits per heavy atom. The largest absolute Gasteiger partial charge is 0.460 e. The maximum absolute atomic E-state index is 12.1. The minimum absolute atomic E-state index is 0.136. The Morgan fingerprint density at radius 1 is 1.00 bits per heavy atom. The molecule has 1 heterocycles. The van der Waals surface area contributed by atoms with E-state index in [1.807, 2.05) is 20.8 Å². The summed E-state index contributed by atoms with van der Waals surface area (Å²) in [6.45, 7) is 8.61. The van der Waals surface area contributed by atoms with E-state index in [9.17, 15) is 4.79 Å². The average molecular weight is 380 g/mol. The van der Waals surface area contributed by atoms with Gasteiger partial charge in [-0.25, -0.2) is 0 Å². The number of hydrogen-bond acceptors (Lipinski definition) is 3. The predicted octanol–water partition coefficient (Wildman–Crippen LogP) is 4.78. The molecule has 0 aliphatic rings. The standard InChI is InChI=1S/C24H31N2O2/c1-17-9-10-18-15-19-11-12-20(25(5)6)16-22(19)26(21(18)14-17)13-7-8-23(27)28-24(2,3)4/h9-12,14-16H,7-8,13H2,1-6H3/q+1. The van der Waals surface area contributed by atoms with E-state index in [4.69, 9.17) is 4.74 Å². The molecule has 4 heteroatoms. The molecule has 0 unspecified atom stereocenters. The van der Waals surface area contributed by atoms with E-state index in [1.54, 1.807) is 0 Å². The number of benzene rings is 2. The monoisotopic (exact) mass is 379 g/mol. The molecule has 0 bridgehead atoms. The summed E-state index contributed by atoms with van der Waals surface area (Å²) in [4.78, 5) is 14.3. The molecule has 148 valence electrons. The van der Waals surface area contributed by atoms with Crippen LogP contribution in [0, 0.1) is 6.92 Å². The molecule has 3 rings (SSSR count). The van der Waals surface area contributed by atoms with Gasteiger partial charge in [0.1, 0.15) is 12.1 Å². The fourth-order valence-electron chi connectivity index (χ4n) is 3.49. The molecule has 0 saturated carbocycles. The van der Waals surface area contributed by atoms with Crippen LogP contribution in [-0.4, -0.2) is 25.7 Å². The summed E-state index contributed by atoms with van der Waals surface area (Å²) in [7, 11) is 4.11. The van der Waals surface area contributed by atoms with Crippen molar-refractivity contribution in [3.05, 3.63) is 48.0 Å². The van der Waals surface area contributed by atoms with E-state index in [2.05, 4.69) is 73.0 Å². The lowest BCUT2D eigenvalue weighted by Gasteiger charge is -2.19. The van der Waals surface area contributed by atoms with Gasteiger partial charge in [-0.15, -0.1) is 0 Å². The fourth-order valence-corrected chi connectivity index (χ4v) is 3.49. The Balaban J connectivity index is 1.99. The Bertz CT molecular complexity index is 1020. The normalized spacial score (nSPS) is 11.8. The first kappa shape index (κ1) is 20.1. The smallest absolute Gasteiger partial charge is 0.306 e. The van der Waals surface area contributed by atoms with Crippen molar-refractivity contribution in [2.24, 2.45) is 0 Å². The highest BCUT2D eigenvalue weighted by molar-refractivity contribution is 5.90. The fraction of sp³-hybridized carbons (Fsp3) is 0.417. The van der Waals surface area contributed by atoms with Crippen LogP contribution in [-0.2, 0) is 16.1 Å². The number of aryl methyl sites for hydroxylation is 2. The summed E-state index contributed by atoms with van der Waals surface area (Å²) in [6, 6.07) is 15.3. The second-order valence-electron chi connectivity index (χ2n) is 8.69. The number of aromatic nitrogens is 1. The number of carbonyl (C=O) groups is 1. The van der Waals surface area contributed by atoms with Gasteiger partial charge >= 0.3 is 5.97 Å². The lowest BCUT2D eigenvalue weighted by molar-refractivity contribution is -0.645. The van der Waals surface area contributed by atoms with Gasteiger partial charge in [-0.05, 0) is 57.5 Å². The van der Waals surface area contributed by atoms with Gasteiger partial charge in [0, 0.05) is 49.1 Å². The van der Waals surface area contributed by atoms with E-state index < -0.39 is 5.60 Å². The van der Waals surface area contributed by atoms with E-state index in [0.29, 0.717) is 6.42 Å². The van der Waals surface area contributed by atoms with Gasteiger partial charge in [0.2, 0.25) is 11.0 Å². The Labute approximate surface area is 167 Å². The molecule has 0 saturated heterocycles. The summed E-state index contributed by atoms with van der Waals surface area (Å²) in [5, 5.41) is 2.42. The van der Waals surface area contributed by atoms with Crippen LogP contribution in [0.25, 0.3) is 21.8 Å². The van der Waals surface area contributed by atoms with Crippen LogP contribution in [0.1, 0.15) is 39.2 Å². The molecule has 2 aromatic carbocycles. The molecule has 0 fully saturated rings. The molecule has 0 aliphatic heterocycles. The number of fused-ring (bicyclic) bond motifs is 2. The molecule has 4 nitrogen and oxygen atoms in total. The highest BCUT2D eigenvalue weighted by Gasteiger charge is 2.19. The minimum Gasteiger partial charge on any atom is -0.460 e. The predicted molar refractivity (Wildman–Crippen MR) is 116 cm³/mol. The van der Waals surface area contributed by atoms with Gasteiger partial charge in [-0.2, -0.15) is 4.57 Å². The molecule has 0 N–H and O–H groups in total. The van der Waals surface area contributed by atoms with Gasteiger partial charge < -0.3 is 9.64 Å². The minimum atomic E-state index is -0.436. The average Bonchev–Trinajstić information content (AvgIpc) is 2.59. The number of pyridine rings is 1. The molecule has 3 aromatic rings. The van der Waals surface area contributed by atoms with Gasteiger partial charge in [0.15, 0.2) is 0 Å². The van der Waals surface area contributed by atoms with Crippen LogP contribution in [0.5, 0.6) is 0 Å². The lowest BCUT2D eigenvalue weighted by Crippen LogP contribution is -2.36. The molecule has 1 aromatic heterocycles. The first-order valence-corrected chi connectivity index (χ1v) is 9.90. The summed E-state index contributed by atoms with van der Waals surface area (Å²) < 4.78 is 7.81. The van der Waals surface area contributed by atoms with Crippen LogP contribution < -0.4 is 9.47 Å². The van der Waals surface area contributed by atoms with E-state index in [0.717, 1.165) is 13.0 Å². The maximum Gasteiger partial charge on any atom is 0.306 e.